The third-order valence-corrected chi connectivity index (χ3v) is 2.77. The van der Waals surface area contributed by atoms with Crippen LogP contribution >= 0.6 is 0 Å². The van der Waals surface area contributed by atoms with E-state index in [1.54, 1.807) is 12.1 Å². The van der Waals surface area contributed by atoms with Crippen LogP contribution in [0.1, 0.15) is 20.7 Å². The molecular weight excluding hydrogens is 304 g/mol. The second-order valence-electron chi connectivity index (χ2n) is 4.31. The molecular formula is C15H16N2O6. The van der Waals surface area contributed by atoms with E-state index < -0.39 is 11.9 Å². The maximum absolute atomic E-state index is 10.6. The molecule has 2 aromatic rings. The van der Waals surface area contributed by atoms with Gasteiger partial charge in [-0.15, -0.1) is 0 Å². The minimum Gasteiger partial charge on any atom is -0.506 e. The number of phenolic OH excluding ortho intramolecular Hbond substituents is 1. The van der Waals surface area contributed by atoms with Crippen LogP contribution in [0.4, 0.5) is 11.4 Å². The predicted molar refractivity (Wildman–Crippen MR) is 83.8 cm³/mol. The molecule has 0 spiro atoms. The van der Waals surface area contributed by atoms with Gasteiger partial charge in [-0.05, 0) is 30.3 Å². The predicted octanol–water partition coefficient (Wildman–Crippen LogP) is 1.65. The van der Waals surface area contributed by atoms with E-state index in [0.717, 1.165) is 0 Å². The van der Waals surface area contributed by atoms with Gasteiger partial charge in [0.25, 0.3) is 0 Å². The summed E-state index contributed by atoms with van der Waals surface area (Å²) in [6, 6.07) is 8.46. The fourth-order valence-corrected chi connectivity index (χ4v) is 1.63. The second-order valence-corrected chi connectivity index (χ2v) is 4.31. The molecule has 7 N–H and O–H groups in total. The Morgan fingerprint density at radius 2 is 1.65 bits per heavy atom. The van der Waals surface area contributed by atoms with Gasteiger partial charge in [0, 0.05) is 5.69 Å². The van der Waals surface area contributed by atoms with Crippen molar-refractivity contribution >= 4 is 23.3 Å². The van der Waals surface area contributed by atoms with Gasteiger partial charge in [-0.1, -0.05) is 6.07 Å². The Morgan fingerprint density at radius 3 is 2.09 bits per heavy atom. The highest BCUT2D eigenvalue weighted by atomic mass is 16.5. The molecule has 0 bridgehead atoms. The molecule has 0 aliphatic heterocycles. The molecule has 122 valence electrons. The summed E-state index contributed by atoms with van der Waals surface area (Å²) in [7, 11) is 1.40. The molecule has 0 heterocycles. The van der Waals surface area contributed by atoms with E-state index in [9.17, 15) is 9.59 Å². The van der Waals surface area contributed by atoms with Gasteiger partial charge in [-0.25, -0.2) is 9.59 Å². The van der Waals surface area contributed by atoms with Crippen LogP contribution in [0.25, 0.3) is 0 Å². The number of hydrogen-bond acceptors (Lipinski definition) is 6. The fourth-order valence-electron chi connectivity index (χ4n) is 1.63. The van der Waals surface area contributed by atoms with E-state index in [-0.39, 0.29) is 34.0 Å². The summed E-state index contributed by atoms with van der Waals surface area (Å²) < 4.78 is 4.83. The number of carboxylic acid groups (broad SMARTS) is 2. The molecule has 8 nitrogen and oxygen atoms in total. The molecule has 0 saturated heterocycles. The average Bonchev–Trinajstić information content (AvgIpc) is 2.49. The van der Waals surface area contributed by atoms with E-state index in [2.05, 4.69) is 0 Å². The fraction of sp³-hybridized carbons (Fsp3) is 0.0667. The summed E-state index contributed by atoms with van der Waals surface area (Å²) in [6.07, 6.45) is 0. The lowest BCUT2D eigenvalue weighted by Crippen LogP contribution is -2.04. The monoisotopic (exact) mass is 320 g/mol. The lowest BCUT2D eigenvalue weighted by atomic mass is 10.1. The van der Waals surface area contributed by atoms with Gasteiger partial charge in [-0.3, -0.25) is 0 Å². The van der Waals surface area contributed by atoms with Crippen LogP contribution in [-0.4, -0.2) is 34.4 Å². The second kappa shape index (κ2) is 7.55. The van der Waals surface area contributed by atoms with Crippen molar-refractivity contribution in [3.63, 3.8) is 0 Å². The number of anilines is 2. The highest BCUT2D eigenvalue weighted by Gasteiger charge is 2.13. The maximum atomic E-state index is 10.6. The SMILES string of the molecule is COc1cccc(N)c1C(=O)O.Nc1cc(C(=O)O)ccc1O. The van der Waals surface area contributed by atoms with Crippen molar-refractivity contribution in [3.8, 4) is 11.5 Å². The van der Waals surface area contributed by atoms with E-state index in [1.807, 2.05) is 0 Å². The van der Waals surface area contributed by atoms with Gasteiger partial charge in [0.15, 0.2) is 0 Å². The minimum absolute atomic E-state index is 0.0139. The summed E-state index contributed by atoms with van der Waals surface area (Å²) >= 11 is 0. The lowest BCUT2D eigenvalue weighted by molar-refractivity contribution is 0.0684. The highest BCUT2D eigenvalue weighted by Crippen LogP contribution is 2.23. The van der Waals surface area contributed by atoms with E-state index in [0.29, 0.717) is 0 Å². The quantitative estimate of drug-likeness (QED) is 0.422. The molecule has 0 aliphatic rings. The topological polar surface area (TPSA) is 156 Å². The Bertz CT molecular complexity index is 730. The zero-order valence-corrected chi connectivity index (χ0v) is 12.2. The third kappa shape index (κ3) is 4.53. The van der Waals surface area contributed by atoms with Gasteiger partial charge < -0.3 is 31.5 Å². The third-order valence-electron chi connectivity index (χ3n) is 2.77. The molecule has 2 rings (SSSR count). The number of nitrogens with two attached hydrogens (primary N) is 2. The van der Waals surface area contributed by atoms with Crippen molar-refractivity contribution in [3.05, 3.63) is 47.5 Å². The van der Waals surface area contributed by atoms with Crippen molar-refractivity contribution in [1.82, 2.24) is 0 Å². The van der Waals surface area contributed by atoms with Crippen molar-refractivity contribution < 1.29 is 29.6 Å². The molecule has 0 aliphatic carbocycles. The van der Waals surface area contributed by atoms with Gasteiger partial charge >= 0.3 is 11.9 Å². The summed E-state index contributed by atoms with van der Waals surface area (Å²) in [4.78, 5) is 21.0. The molecule has 0 amide bonds. The number of nitrogen functional groups attached to an aromatic ring is 2. The Hall–Kier alpha value is -3.42. The van der Waals surface area contributed by atoms with Crippen LogP contribution in [0.15, 0.2) is 36.4 Å². The van der Waals surface area contributed by atoms with Crippen LogP contribution in [0, 0.1) is 0 Å². The molecule has 0 aromatic heterocycles. The molecule has 2 aromatic carbocycles. The number of aromatic hydroxyl groups is 1. The zero-order valence-electron chi connectivity index (χ0n) is 12.2. The van der Waals surface area contributed by atoms with Crippen molar-refractivity contribution in [2.45, 2.75) is 0 Å². The van der Waals surface area contributed by atoms with Crippen LogP contribution in [0.2, 0.25) is 0 Å². The van der Waals surface area contributed by atoms with Gasteiger partial charge in [0.05, 0.1) is 18.4 Å². The van der Waals surface area contributed by atoms with Gasteiger partial charge in [-0.2, -0.15) is 0 Å². The van der Waals surface area contributed by atoms with E-state index >= 15 is 0 Å². The average molecular weight is 320 g/mol. The first kappa shape index (κ1) is 17.6. The number of carbonyl (C=O) groups is 2. The number of aromatic carboxylic acids is 2. The normalized spacial score (nSPS) is 9.43. The molecule has 0 radical (unpaired) electrons. The molecule has 23 heavy (non-hydrogen) atoms. The zero-order chi connectivity index (χ0) is 17.6. The molecule has 0 fully saturated rings. The number of phenols is 1. The Kier molecular flexibility index (Phi) is 5.79. The summed E-state index contributed by atoms with van der Waals surface area (Å²) in [5.41, 5.74) is 11.0. The molecule has 0 atom stereocenters. The van der Waals surface area contributed by atoms with Gasteiger partial charge in [0.1, 0.15) is 17.1 Å². The number of methoxy groups -OCH3 is 1. The minimum atomic E-state index is -1.08. The Morgan fingerprint density at radius 1 is 1.00 bits per heavy atom. The van der Waals surface area contributed by atoms with Crippen molar-refractivity contribution in [1.29, 1.82) is 0 Å². The Balaban J connectivity index is 0.000000231. The number of rotatable bonds is 3. The van der Waals surface area contributed by atoms with Crippen LogP contribution in [-0.2, 0) is 0 Å². The number of hydrogen-bond donors (Lipinski definition) is 5. The van der Waals surface area contributed by atoms with E-state index in [1.165, 1.54) is 31.4 Å². The van der Waals surface area contributed by atoms with E-state index in [4.69, 9.17) is 31.5 Å². The largest absolute Gasteiger partial charge is 0.506 e. The standard InChI is InChI=1S/C8H9NO3.C7H7NO3/c1-12-6-4-2-3-5(9)7(6)8(10)11;8-5-3-4(7(10)11)1-2-6(5)9/h2-4H,9H2,1H3,(H,10,11);1-3,9H,8H2,(H,10,11). The number of ether oxygens (including phenoxy) is 1. The molecule has 0 unspecified atom stereocenters. The van der Waals surface area contributed by atoms with Crippen LogP contribution in [0.3, 0.4) is 0 Å². The molecule has 8 heteroatoms. The lowest BCUT2D eigenvalue weighted by Gasteiger charge is -2.05. The summed E-state index contributed by atoms with van der Waals surface area (Å²) in [5.74, 6) is -1.96. The first-order valence-electron chi connectivity index (χ1n) is 6.25. The first-order valence-corrected chi connectivity index (χ1v) is 6.25. The van der Waals surface area contributed by atoms with Gasteiger partial charge in [0.2, 0.25) is 0 Å². The van der Waals surface area contributed by atoms with Crippen LogP contribution in [0.5, 0.6) is 11.5 Å². The number of carboxylic acids is 2. The number of benzene rings is 2. The Labute approximate surface area is 131 Å². The summed E-state index contributed by atoms with van der Waals surface area (Å²) in [6.45, 7) is 0. The molecule has 0 saturated carbocycles. The highest BCUT2D eigenvalue weighted by molar-refractivity contribution is 5.96. The van der Waals surface area contributed by atoms with Crippen LogP contribution < -0.4 is 16.2 Å². The first-order chi connectivity index (χ1) is 10.8. The summed E-state index contributed by atoms with van der Waals surface area (Å²) in [5, 5.41) is 26.1. The smallest absolute Gasteiger partial charge is 0.341 e. The van der Waals surface area contributed by atoms with Crippen molar-refractivity contribution in [2.24, 2.45) is 0 Å². The maximum Gasteiger partial charge on any atom is 0.341 e. The van der Waals surface area contributed by atoms with Crippen molar-refractivity contribution in [2.75, 3.05) is 18.6 Å².